The molecule has 1 fully saturated rings. The molecule has 0 radical (unpaired) electrons. The van der Waals surface area contributed by atoms with E-state index in [0.717, 1.165) is 22.4 Å². The van der Waals surface area contributed by atoms with Gasteiger partial charge in [0.1, 0.15) is 11.8 Å². The van der Waals surface area contributed by atoms with Crippen molar-refractivity contribution in [2.75, 3.05) is 7.11 Å². The SMILES string of the molecule is COc1ccccc1-c1ccc(C(=O)N2[C@@H](c3ccccc3Cl)CC[C@H]2C(N)=O)cc1. The first-order chi connectivity index (χ1) is 15.0. The molecule has 1 saturated heterocycles. The lowest BCUT2D eigenvalue weighted by Gasteiger charge is -2.30. The van der Waals surface area contributed by atoms with Crippen LogP contribution >= 0.6 is 11.6 Å². The normalized spacial score (nSPS) is 18.1. The summed E-state index contributed by atoms with van der Waals surface area (Å²) in [7, 11) is 1.63. The largest absolute Gasteiger partial charge is 0.496 e. The zero-order valence-corrected chi connectivity index (χ0v) is 17.9. The zero-order chi connectivity index (χ0) is 22.0. The van der Waals surface area contributed by atoms with Gasteiger partial charge in [-0.05, 0) is 48.2 Å². The fraction of sp³-hybridized carbons (Fsp3) is 0.200. The van der Waals surface area contributed by atoms with E-state index in [1.807, 2.05) is 54.6 Å². The van der Waals surface area contributed by atoms with Gasteiger partial charge in [0.05, 0.1) is 13.2 Å². The Balaban J connectivity index is 1.67. The van der Waals surface area contributed by atoms with Crippen molar-refractivity contribution in [3.05, 3.63) is 88.9 Å². The third-order valence-corrected chi connectivity index (χ3v) is 6.11. The number of ether oxygens (including phenoxy) is 1. The molecule has 0 bridgehead atoms. The first-order valence-corrected chi connectivity index (χ1v) is 10.5. The molecule has 1 aliphatic rings. The van der Waals surface area contributed by atoms with Gasteiger partial charge in [0.2, 0.25) is 5.91 Å². The van der Waals surface area contributed by atoms with Gasteiger partial charge in [-0.15, -0.1) is 0 Å². The van der Waals surface area contributed by atoms with Gasteiger partial charge in [0, 0.05) is 16.1 Å². The van der Waals surface area contributed by atoms with Gasteiger partial charge < -0.3 is 15.4 Å². The summed E-state index contributed by atoms with van der Waals surface area (Å²) >= 11 is 6.40. The van der Waals surface area contributed by atoms with Crippen LogP contribution in [0.3, 0.4) is 0 Å². The summed E-state index contributed by atoms with van der Waals surface area (Å²) in [5, 5.41) is 0.571. The van der Waals surface area contributed by atoms with Crippen LogP contribution < -0.4 is 10.5 Å². The number of primary amides is 1. The molecular weight excluding hydrogens is 412 g/mol. The van der Waals surface area contributed by atoms with Crippen LogP contribution in [0.25, 0.3) is 11.1 Å². The highest BCUT2D eigenvalue weighted by atomic mass is 35.5. The second-order valence-electron chi connectivity index (χ2n) is 7.52. The van der Waals surface area contributed by atoms with E-state index in [9.17, 15) is 9.59 Å². The summed E-state index contributed by atoms with van der Waals surface area (Å²) in [6, 6.07) is 21.4. The maximum absolute atomic E-state index is 13.5. The summed E-state index contributed by atoms with van der Waals surface area (Å²) in [4.78, 5) is 27.2. The first-order valence-electron chi connectivity index (χ1n) is 10.1. The van der Waals surface area contributed by atoms with Gasteiger partial charge in [-0.25, -0.2) is 0 Å². The quantitative estimate of drug-likeness (QED) is 0.624. The molecule has 0 spiro atoms. The highest BCUT2D eigenvalue weighted by Crippen LogP contribution is 2.40. The van der Waals surface area contributed by atoms with Crippen LogP contribution in [0, 0.1) is 0 Å². The highest BCUT2D eigenvalue weighted by Gasteiger charge is 2.41. The van der Waals surface area contributed by atoms with Crippen LogP contribution in [-0.2, 0) is 4.79 Å². The topological polar surface area (TPSA) is 72.6 Å². The lowest BCUT2D eigenvalue weighted by atomic mass is 10.0. The molecule has 5 nitrogen and oxygen atoms in total. The molecule has 1 aliphatic heterocycles. The molecule has 2 N–H and O–H groups in total. The molecule has 3 aromatic rings. The summed E-state index contributed by atoms with van der Waals surface area (Å²) in [5.41, 5.74) is 8.82. The van der Waals surface area contributed by atoms with E-state index in [1.165, 1.54) is 0 Å². The number of benzene rings is 3. The molecule has 3 aromatic carbocycles. The number of rotatable bonds is 5. The van der Waals surface area contributed by atoms with E-state index in [2.05, 4.69) is 0 Å². The minimum absolute atomic E-state index is 0.238. The number of carbonyl (C=O) groups excluding carboxylic acids is 2. The molecule has 2 atom stereocenters. The van der Waals surface area contributed by atoms with E-state index in [4.69, 9.17) is 22.1 Å². The molecule has 31 heavy (non-hydrogen) atoms. The first kappa shape index (κ1) is 20.9. The summed E-state index contributed by atoms with van der Waals surface area (Å²) in [6.07, 6.45) is 1.14. The number of likely N-dealkylation sites (tertiary alicyclic amines) is 1. The number of nitrogens with two attached hydrogens (primary N) is 1. The molecule has 0 aromatic heterocycles. The average molecular weight is 435 g/mol. The zero-order valence-electron chi connectivity index (χ0n) is 17.1. The van der Waals surface area contributed by atoms with Crippen LogP contribution in [0.2, 0.25) is 5.02 Å². The molecular formula is C25H23ClN2O3. The van der Waals surface area contributed by atoms with Crippen molar-refractivity contribution < 1.29 is 14.3 Å². The van der Waals surface area contributed by atoms with E-state index < -0.39 is 11.9 Å². The van der Waals surface area contributed by atoms with Gasteiger partial charge >= 0.3 is 0 Å². The number of para-hydroxylation sites is 1. The van der Waals surface area contributed by atoms with Gasteiger partial charge in [0.25, 0.3) is 5.91 Å². The number of hydrogen-bond donors (Lipinski definition) is 1. The molecule has 6 heteroatoms. The molecule has 2 amide bonds. The van der Waals surface area contributed by atoms with Gasteiger partial charge in [-0.2, -0.15) is 0 Å². The van der Waals surface area contributed by atoms with Crippen molar-refractivity contribution in [2.45, 2.75) is 24.9 Å². The van der Waals surface area contributed by atoms with Crippen molar-refractivity contribution in [3.63, 3.8) is 0 Å². The Morgan fingerprint density at radius 2 is 1.65 bits per heavy atom. The molecule has 0 unspecified atom stereocenters. The molecule has 158 valence electrons. The Morgan fingerprint density at radius 1 is 0.968 bits per heavy atom. The third-order valence-electron chi connectivity index (χ3n) is 5.76. The maximum atomic E-state index is 13.5. The molecule has 1 heterocycles. The van der Waals surface area contributed by atoms with Crippen LogP contribution in [0.4, 0.5) is 0 Å². The van der Waals surface area contributed by atoms with Crippen molar-refractivity contribution >= 4 is 23.4 Å². The number of hydrogen-bond acceptors (Lipinski definition) is 3. The van der Waals surface area contributed by atoms with Crippen molar-refractivity contribution in [1.29, 1.82) is 0 Å². The smallest absolute Gasteiger partial charge is 0.255 e. The number of nitrogens with zero attached hydrogens (tertiary/aromatic N) is 1. The van der Waals surface area contributed by atoms with Crippen LogP contribution in [0.15, 0.2) is 72.8 Å². The van der Waals surface area contributed by atoms with Gasteiger partial charge in [0.15, 0.2) is 0 Å². The molecule has 0 saturated carbocycles. The van der Waals surface area contributed by atoms with Gasteiger partial charge in [-0.1, -0.05) is 60.1 Å². The standard InChI is InChI=1S/C25H23ClN2O3/c1-31-23-9-5-3-6-18(23)16-10-12-17(13-11-16)25(30)28-21(14-15-22(28)24(27)29)19-7-2-4-8-20(19)26/h2-13,21-22H,14-15H2,1H3,(H2,27,29)/t21-,22+/m1/s1. The summed E-state index contributed by atoms with van der Waals surface area (Å²) in [6.45, 7) is 0. The Morgan fingerprint density at radius 3 is 2.32 bits per heavy atom. The second kappa shape index (κ2) is 8.82. The van der Waals surface area contributed by atoms with E-state index in [-0.39, 0.29) is 11.9 Å². The lowest BCUT2D eigenvalue weighted by Crippen LogP contribution is -2.44. The average Bonchev–Trinajstić information content (AvgIpc) is 3.24. The van der Waals surface area contributed by atoms with Gasteiger partial charge in [-0.3, -0.25) is 9.59 Å². The Bertz CT molecular complexity index is 1110. The summed E-state index contributed by atoms with van der Waals surface area (Å²) < 4.78 is 5.43. The Labute approximate surface area is 186 Å². The monoisotopic (exact) mass is 434 g/mol. The van der Waals surface area contributed by atoms with Crippen molar-refractivity contribution in [1.82, 2.24) is 4.90 Å². The molecule has 0 aliphatic carbocycles. The Hall–Kier alpha value is -3.31. The lowest BCUT2D eigenvalue weighted by molar-refractivity contribution is -0.122. The minimum atomic E-state index is -0.664. The predicted octanol–water partition coefficient (Wildman–Crippen LogP) is 4.85. The number of methoxy groups -OCH3 is 1. The number of carbonyl (C=O) groups is 2. The maximum Gasteiger partial charge on any atom is 0.255 e. The highest BCUT2D eigenvalue weighted by molar-refractivity contribution is 6.31. The van der Waals surface area contributed by atoms with E-state index in [1.54, 1.807) is 30.2 Å². The minimum Gasteiger partial charge on any atom is -0.496 e. The fourth-order valence-electron chi connectivity index (χ4n) is 4.25. The predicted molar refractivity (Wildman–Crippen MR) is 121 cm³/mol. The van der Waals surface area contributed by atoms with E-state index in [0.29, 0.717) is 23.4 Å². The van der Waals surface area contributed by atoms with Crippen LogP contribution in [0.1, 0.15) is 34.8 Å². The summed E-state index contributed by atoms with van der Waals surface area (Å²) in [5.74, 6) is 0.0139. The van der Waals surface area contributed by atoms with Crippen molar-refractivity contribution in [3.8, 4) is 16.9 Å². The molecule has 4 rings (SSSR count). The Kier molecular flexibility index (Phi) is 5.96. The third kappa shape index (κ3) is 4.01. The van der Waals surface area contributed by atoms with Crippen molar-refractivity contribution in [2.24, 2.45) is 5.73 Å². The van der Waals surface area contributed by atoms with Crippen LogP contribution in [-0.4, -0.2) is 29.9 Å². The number of amides is 2. The fourth-order valence-corrected chi connectivity index (χ4v) is 4.51. The van der Waals surface area contributed by atoms with E-state index >= 15 is 0 Å². The second-order valence-corrected chi connectivity index (χ2v) is 7.93. The van der Waals surface area contributed by atoms with Crippen LogP contribution in [0.5, 0.6) is 5.75 Å². The number of halogens is 1.